The van der Waals surface area contributed by atoms with E-state index in [0.717, 1.165) is 6.54 Å². The summed E-state index contributed by atoms with van der Waals surface area (Å²) in [5.74, 6) is 0.572. The maximum atomic E-state index is 3.52. The standard InChI is InChI=1S/C11H20N2Si/c1-4-12-11(13(2)3)14-10-8-6-5-7-9-10/h5-9,11-12H,4,14H2,1-3H3. The predicted molar refractivity (Wildman–Crippen MR) is 65.8 cm³/mol. The van der Waals surface area contributed by atoms with Gasteiger partial charge in [-0.3, -0.25) is 4.90 Å². The van der Waals surface area contributed by atoms with Crippen LogP contribution in [0.25, 0.3) is 0 Å². The van der Waals surface area contributed by atoms with E-state index >= 15 is 0 Å². The first-order valence-corrected chi connectivity index (χ1v) is 6.70. The number of rotatable bonds is 5. The third-order valence-electron chi connectivity index (χ3n) is 2.33. The quantitative estimate of drug-likeness (QED) is 0.538. The van der Waals surface area contributed by atoms with Crippen molar-refractivity contribution in [3.63, 3.8) is 0 Å². The summed E-state index contributed by atoms with van der Waals surface area (Å²) in [5.41, 5.74) is 0. The van der Waals surface area contributed by atoms with Crippen molar-refractivity contribution in [3.05, 3.63) is 30.3 Å². The first kappa shape index (κ1) is 11.4. The molecule has 0 aliphatic heterocycles. The van der Waals surface area contributed by atoms with Crippen LogP contribution in [0.2, 0.25) is 0 Å². The van der Waals surface area contributed by atoms with Crippen molar-refractivity contribution in [3.8, 4) is 0 Å². The van der Waals surface area contributed by atoms with Crippen LogP contribution in [0.4, 0.5) is 0 Å². The second kappa shape index (κ2) is 5.96. The molecule has 1 rings (SSSR count). The lowest BCUT2D eigenvalue weighted by molar-refractivity contribution is 0.329. The number of nitrogens with zero attached hydrogens (tertiary/aromatic N) is 1. The molecule has 1 N–H and O–H groups in total. The van der Waals surface area contributed by atoms with Crippen LogP contribution in [0.5, 0.6) is 0 Å². The molecule has 0 saturated heterocycles. The Hall–Kier alpha value is -0.643. The Balaban J connectivity index is 2.55. The van der Waals surface area contributed by atoms with E-state index in [1.165, 1.54) is 5.19 Å². The zero-order valence-corrected chi connectivity index (χ0v) is 10.7. The van der Waals surface area contributed by atoms with Gasteiger partial charge in [-0.1, -0.05) is 42.4 Å². The van der Waals surface area contributed by atoms with E-state index in [-0.39, 0.29) is 9.52 Å². The molecule has 0 heterocycles. The van der Waals surface area contributed by atoms with Gasteiger partial charge in [-0.2, -0.15) is 0 Å². The summed E-state index contributed by atoms with van der Waals surface area (Å²) in [7, 11) is 4.04. The number of benzene rings is 1. The highest BCUT2D eigenvalue weighted by molar-refractivity contribution is 6.54. The maximum absolute atomic E-state index is 3.52. The fourth-order valence-corrected chi connectivity index (χ4v) is 3.30. The van der Waals surface area contributed by atoms with Crippen LogP contribution in [-0.4, -0.2) is 40.8 Å². The van der Waals surface area contributed by atoms with Crippen LogP contribution < -0.4 is 10.5 Å². The lowest BCUT2D eigenvalue weighted by Gasteiger charge is -2.24. The summed E-state index contributed by atoms with van der Waals surface area (Å²) in [6.45, 7) is 3.21. The molecule has 0 aromatic heterocycles. The van der Waals surface area contributed by atoms with Crippen LogP contribution in [0.1, 0.15) is 6.92 Å². The Morgan fingerprint density at radius 3 is 2.43 bits per heavy atom. The molecule has 0 fully saturated rings. The average molecular weight is 208 g/mol. The molecule has 0 aliphatic carbocycles. The highest BCUT2D eigenvalue weighted by atomic mass is 28.2. The Morgan fingerprint density at radius 2 is 1.93 bits per heavy atom. The molecule has 1 aromatic rings. The van der Waals surface area contributed by atoms with Gasteiger partial charge in [0, 0.05) is 5.79 Å². The smallest absolute Gasteiger partial charge is 0.0919 e. The normalized spacial score (nSPS) is 14.0. The summed E-state index contributed by atoms with van der Waals surface area (Å²) < 4.78 is 0. The van der Waals surface area contributed by atoms with E-state index in [0.29, 0.717) is 5.79 Å². The molecular weight excluding hydrogens is 188 g/mol. The van der Waals surface area contributed by atoms with E-state index in [1.54, 1.807) is 0 Å². The van der Waals surface area contributed by atoms with Crippen molar-refractivity contribution in [2.45, 2.75) is 12.7 Å². The fourth-order valence-electron chi connectivity index (χ4n) is 1.51. The lowest BCUT2D eigenvalue weighted by atomic mass is 10.4. The van der Waals surface area contributed by atoms with E-state index < -0.39 is 0 Å². The summed E-state index contributed by atoms with van der Waals surface area (Å²) in [5, 5.41) is 5.04. The highest BCUT2D eigenvalue weighted by Crippen LogP contribution is 1.88. The Labute approximate surface area is 89.1 Å². The molecule has 1 aromatic carbocycles. The molecule has 0 amide bonds. The molecule has 0 aliphatic rings. The van der Waals surface area contributed by atoms with Gasteiger partial charge in [-0.05, 0) is 20.6 Å². The number of nitrogens with one attached hydrogen (secondary N) is 1. The molecule has 3 heteroatoms. The van der Waals surface area contributed by atoms with Gasteiger partial charge in [-0.25, -0.2) is 0 Å². The molecule has 2 nitrogen and oxygen atoms in total. The van der Waals surface area contributed by atoms with Gasteiger partial charge >= 0.3 is 0 Å². The minimum absolute atomic E-state index is 0.241. The van der Waals surface area contributed by atoms with Crippen LogP contribution in [-0.2, 0) is 0 Å². The van der Waals surface area contributed by atoms with Crippen molar-refractivity contribution in [1.82, 2.24) is 10.2 Å². The van der Waals surface area contributed by atoms with E-state index in [1.807, 2.05) is 0 Å². The molecule has 0 bridgehead atoms. The van der Waals surface area contributed by atoms with Gasteiger partial charge in [0.1, 0.15) is 0 Å². The Kier molecular flexibility index (Phi) is 4.86. The molecule has 1 atom stereocenters. The third kappa shape index (κ3) is 3.62. The summed E-state index contributed by atoms with van der Waals surface area (Å²) in [6.07, 6.45) is 0. The Morgan fingerprint density at radius 1 is 1.29 bits per heavy atom. The first-order valence-electron chi connectivity index (χ1n) is 5.17. The van der Waals surface area contributed by atoms with E-state index in [9.17, 15) is 0 Å². The van der Waals surface area contributed by atoms with Crippen LogP contribution >= 0.6 is 0 Å². The first-order chi connectivity index (χ1) is 6.74. The Bertz CT molecular complexity index is 249. The van der Waals surface area contributed by atoms with Crippen LogP contribution in [0.15, 0.2) is 30.3 Å². The lowest BCUT2D eigenvalue weighted by Crippen LogP contribution is -2.49. The summed E-state index contributed by atoms with van der Waals surface area (Å²) in [4.78, 5) is 2.28. The SMILES string of the molecule is CCNC([SiH2]c1ccccc1)N(C)C. The van der Waals surface area contributed by atoms with Gasteiger partial charge in [0.25, 0.3) is 0 Å². The van der Waals surface area contributed by atoms with Crippen molar-refractivity contribution in [2.75, 3.05) is 20.6 Å². The second-order valence-corrected chi connectivity index (χ2v) is 5.72. The minimum atomic E-state index is -0.241. The van der Waals surface area contributed by atoms with E-state index in [2.05, 4.69) is 61.6 Å². The second-order valence-electron chi connectivity index (χ2n) is 3.73. The van der Waals surface area contributed by atoms with Crippen molar-refractivity contribution in [1.29, 1.82) is 0 Å². The highest BCUT2D eigenvalue weighted by Gasteiger charge is 2.10. The van der Waals surface area contributed by atoms with Gasteiger partial charge in [0.15, 0.2) is 0 Å². The number of hydrogen-bond donors (Lipinski definition) is 1. The van der Waals surface area contributed by atoms with Crippen molar-refractivity contribution < 1.29 is 0 Å². The van der Waals surface area contributed by atoms with Gasteiger partial charge in [0.2, 0.25) is 0 Å². The molecular formula is C11H20N2Si. The predicted octanol–water partition coefficient (Wildman–Crippen LogP) is -0.0646. The zero-order chi connectivity index (χ0) is 10.4. The summed E-state index contributed by atoms with van der Waals surface area (Å²) >= 11 is 0. The molecule has 78 valence electrons. The molecule has 0 saturated carbocycles. The van der Waals surface area contributed by atoms with Crippen LogP contribution in [0.3, 0.4) is 0 Å². The van der Waals surface area contributed by atoms with Gasteiger partial charge in [0.05, 0.1) is 9.52 Å². The van der Waals surface area contributed by atoms with Crippen molar-refractivity contribution >= 4 is 14.7 Å². The zero-order valence-electron chi connectivity index (χ0n) is 9.33. The maximum Gasteiger partial charge on any atom is 0.0919 e. The minimum Gasteiger partial charge on any atom is -0.305 e. The van der Waals surface area contributed by atoms with Gasteiger partial charge < -0.3 is 5.32 Å². The number of hydrogen-bond acceptors (Lipinski definition) is 2. The summed E-state index contributed by atoms with van der Waals surface area (Å²) in [6, 6.07) is 10.8. The third-order valence-corrected chi connectivity index (χ3v) is 4.68. The average Bonchev–Trinajstić information content (AvgIpc) is 2.18. The van der Waals surface area contributed by atoms with Crippen LogP contribution in [0, 0.1) is 0 Å². The largest absolute Gasteiger partial charge is 0.305 e. The van der Waals surface area contributed by atoms with Crippen molar-refractivity contribution in [2.24, 2.45) is 0 Å². The monoisotopic (exact) mass is 208 g/mol. The van der Waals surface area contributed by atoms with E-state index in [4.69, 9.17) is 0 Å². The molecule has 1 unspecified atom stereocenters. The fraction of sp³-hybridized carbons (Fsp3) is 0.455. The molecule has 0 radical (unpaired) electrons. The van der Waals surface area contributed by atoms with Gasteiger partial charge in [-0.15, -0.1) is 0 Å². The molecule has 0 spiro atoms. The topological polar surface area (TPSA) is 15.3 Å². The molecule has 14 heavy (non-hydrogen) atoms.